The van der Waals surface area contributed by atoms with Gasteiger partial charge in [-0.2, -0.15) is 4.98 Å². The normalized spacial score (nSPS) is 13.2. The van der Waals surface area contributed by atoms with Gasteiger partial charge in [-0.1, -0.05) is 42.4 Å². The Bertz CT molecular complexity index is 713. The van der Waals surface area contributed by atoms with Crippen LogP contribution in [0.2, 0.25) is 5.02 Å². The van der Waals surface area contributed by atoms with E-state index in [1.807, 2.05) is 31.2 Å². The van der Waals surface area contributed by atoms with E-state index in [0.29, 0.717) is 29.5 Å². The molecule has 0 fully saturated rings. The molecule has 3 rings (SSSR count). The summed E-state index contributed by atoms with van der Waals surface area (Å²) in [6.45, 7) is 3.06. The Morgan fingerprint density at radius 3 is 2.86 bits per heavy atom. The molecular formula is C15H15ClN2O2S. The van der Waals surface area contributed by atoms with Crippen molar-refractivity contribution < 1.29 is 4.74 Å². The molecule has 2 heterocycles. The predicted octanol–water partition coefficient (Wildman–Crippen LogP) is 3.14. The van der Waals surface area contributed by atoms with Gasteiger partial charge in [0.1, 0.15) is 6.61 Å². The lowest BCUT2D eigenvalue weighted by atomic mass is 10.2. The minimum absolute atomic E-state index is 0.0265. The second-order valence-electron chi connectivity index (χ2n) is 4.75. The minimum atomic E-state index is 0.0265. The van der Waals surface area contributed by atoms with Crippen LogP contribution in [0.5, 0.6) is 5.88 Å². The van der Waals surface area contributed by atoms with E-state index in [0.717, 1.165) is 23.0 Å². The fourth-order valence-electron chi connectivity index (χ4n) is 2.25. The van der Waals surface area contributed by atoms with Gasteiger partial charge in [0.25, 0.3) is 5.56 Å². The maximum atomic E-state index is 12.4. The Kier molecular flexibility index (Phi) is 4.22. The number of rotatable bonds is 4. The largest absolute Gasteiger partial charge is 0.472 e. The van der Waals surface area contributed by atoms with Crippen molar-refractivity contribution in [1.29, 1.82) is 0 Å². The fraction of sp³-hybridized carbons (Fsp3) is 0.333. The molecule has 0 saturated carbocycles. The Morgan fingerprint density at radius 2 is 2.14 bits per heavy atom. The number of fused-ring (bicyclic) bond motifs is 1. The number of hydrogen-bond donors (Lipinski definition) is 0. The number of halogens is 1. The molecule has 0 amide bonds. The van der Waals surface area contributed by atoms with Crippen molar-refractivity contribution >= 4 is 23.4 Å². The number of thioether (sulfide) groups is 1. The van der Waals surface area contributed by atoms with Gasteiger partial charge in [0, 0.05) is 17.3 Å². The standard InChI is InChI=1S/C15H15ClN2O2S/c1-2-12-13(17-15-18(14(12)19)7-8-21-15)20-9-10-3-5-11(16)6-4-10/h3-6H,2,7-9H2,1H3. The van der Waals surface area contributed by atoms with Gasteiger partial charge in [-0.05, 0) is 24.1 Å². The summed E-state index contributed by atoms with van der Waals surface area (Å²) in [5, 5.41) is 1.45. The molecule has 1 aromatic carbocycles. The number of ether oxygens (including phenoxy) is 1. The van der Waals surface area contributed by atoms with Crippen LogP contribution in [-0.2, 0) is 19.6 Å². The first-order valence-corrected chi connectivity index (χ1v) is 8.19. The maximum Gasteiger partial charge on any atom is 0.261 e. The topological polar surface area (TPSA) is 44.1 Å². The van der Waals surface area contributed by atoms with E-state index in [-0.39, 0.29) is 5.56 Å². The Balaban J connectivity index is 1.86. The molecule has 1 aliphatic heterocycles. The summed E-state index contributed by atoms with van der Waals surface area (Å²) in [4.78, 5) is 16.9. The summed E-state index contributed by atoms with van der Waals surface area (Å²) in [6, 6.07) is 7.45. The van der Waals surface area contributed by atoms with E-state index < -0.39 is 0 Å². The van der Waals surface area contributed by atoms with Gasteiger partial charge in [-0.3, -0.25) is 9.36 Å². The van der Waals surface area contributed by atoms with Crippen molar-refractivity contribution in [2.24, 2.45) is 0 Å². The van der Waals surface area contributed by atoms with E-state index in [2.05, 4.69) is 4.98 Å². The maximum absolute atomic E-state index is 12.4. The molecule has 1 aliphatic rings. The fourth-order valence-corrected chi connectivity index (χ4v) is 3.31. The molecule has 1 aromatic heterocycles. The highest BCUT2D eigenvalue weighted by Crippen LogP contribution is 2.25. The van der Waals surface area contributed by atoms with Crippen LogP contribution in [-0.4, -0.2) is 15.3 Å². The first-order valence-electron chi connectivity index (χ1n) is 6.82. The first-order chi connectivity index (χ1) is 10.2. The number of hydrogen-bond acceptors (Lipinski definition) is 4. The number of nitrogens with zero attached hydrogens (tertiary/aromatic N) is 2. The third-order valence-corrected chi connectivity index (χ3v) is 4.59. The molecule has 0 radical (unpaired) electrons. The minimum Gasteiger partial charge on any atom is -0.472 e. The molecule has 0 spiro atoms. The van der Waals surface area contributed by atoms with E-state index in [1.54, 1.807) is 16.3 Å². The monoisotopic (exact) mass is 322 g/mol. The SMILES string of the molecule is CCc1c(OCc2ccc(Cl)cc2)nc2n(c1=O)CCS2. The van der Waals surface area contributed by atoms with E-state index in [9.17, 15) is 4.79 Å². The highest BCUT2D eigenvalue weighted by Gasteiger charge is 2.20. The lowest BCUT2D eigenvalue weighted by Gasteiger charge is -2.11. The van der Waals surface area contributed by atoms with Crippen LogP contribution >= 0.6 is 23.4 Å². The predicted molar refractivity (Wildman–Crippen MR) is 84.4 cm³/mol. The zero-order chi connectivity index (χ0) is 14.8. The van der Waals surface area contributed by atoms with Crippen LogP contribution in [0, 0.1) is 0 Å². The van der Waals surface area contributed by atoms with Crippen molar-refractivity contribution in [3.05, 3.63) is 50.8 Å². The van der Waals surface area contributed by atoms with Crippen molar-refractivity contribution in [3.63, 3.8) is 0 Å². The molecule has 21 heavy (non-hydrogen) atoms. The van der Waals surface area contributed by atoms with Crippen molar-refractivity contribution in [2.45, 2.75) is 31.7 Å². The van der Waals surface area contributed by atoms with Crippen LogP contribution in [0.1, 0.15) is 18.1 Å². The van der Waals surface area contributed by atoms with Gasteiger partial charge < -0.3 is 4.74 Å². The molecule has 0 N–H and O–H groups in total. The van der Waals surface area contributed by atoms with Gasteiger partial charge in [0.15, 0.2) is 5.16 Å². The molecule has 4 nitrogen and oxygen atoms in total. The van der Waals surface area contributed by atoms with E-state index >= 15 is 0 Å². The van der Waals surface area contributed by atoms with E-state index in [1.165, 1.54) is 0 Å². The van der Waals surface area contributed by atoms with Gasteiger partial charge in [0.2, 0.25) is 5.88 Å². The van der Waals surface area contributed by atoms with E-state index in [4.69, 9.17) is 16.3 Å². The van der Waals surface area contributed by atoms with Crippen molar-refractivity contribution in [2.75, 3.05) is 5.75 Å². The molecule has 0 unspecified atom stereocenters. The third kappa shape index (κ3) is 2.94. The Labute approximate surface area is 132 Å². The lowest BCUT2D eigenvalue weighted by Crippen LogP contribution is -2.25. The number of benzene rings is 1. The average Bonchev–Trinajstić information content (AvgIpc) is 2.95. The molecule has 6 heteroatoms. The summed E-state index contributed by atoms with van der Waals surface area (Å²) in [7, 11) is 0. The first kappa shape index (κ1) is 14.5. The molecule has 0 saturated heterocycles. The summed E-state index contributed by atoms with van der Waals surface area (Å²) >= 11 is 7.45. The summed E-state index contributed by atoms with van der Waals surface area (Å²) < 4.78 is 7.51. The Morgan fingerprint density at radius 1 is 1.38 bits per heavy atom. The average molecular weight is 323 g/mol. The molecule has 0 bridgehead atoms. The number of aromatic nitrogens is 2. The molecular weight excluding hydrogens is 308 g/mol. The third-order valence-electron chi connectivity index (χ3n) is 3.38. The summed E-state index contributed by atoms with van der Waals surface area (Å²) in [5.74, 6) is 1.35. The second kappa shape index (κ2) is 6.12. The van der Waals surface area contributed by atoms with Crippen molar-refractivity contribution in [3.8, 4) is 5.88 Å². The highest BCUT2D eigenvalue weighted by atomic mass is 35.5. The lowest BCUT2D eigenvalue weighted by molar-refractivity contribution is 0.284. The molecule has 0 aliphatic carbocycles. The van der Waals surface area contributed by atoms with Crippen molar-refractivity contribution in [1.82, 2.24) is 9.55 Å². The summed E-state index contributed by atoms with van der Waals surface area (Å²) in [5.41, 5.74) is 1.67. The van der Waals surface area contributed by atoms with Crippen LogP contribution in [0.15, 0.2) is 34.2 Å². The van der Waals surface area contributed by atoms with Crippen LogP contribution in [0.3, 0.4) is 0 Å². The van der Waals surface area contributed by atoms with Gasteiger partial charge >= 0.3 is 0 Å². The second-order valence-corrected chi connectivity index (χ2v) is 6.25. The van der Waals surface area contributed by atoms with Gasteiger partial charge in [0.05, 0.1) is 5.56 Å². The quantitative estimate of drug-likeness (QED) is 0.811. The highest BCUT2D eigenvalue weighted by molar-refractivity contribution is 7.99. The molecule has 2 aromatic rings. The molecule has 110 valence electrons. The van der Waals surface area contributed by atoms with Crippen LogP contribution in [0.4, 0.5) is 0 Å². The zero-order valence-electron chi connectivity index (χ0n) is 11.6. The smallest absolute Gasteiger partial charge is 0.261 e. The van der Waals surface area contributed by atoms with Gasteiger partial charge in [-0.15, -0.1) is 0 Å². The van der Waals surface area contributed by atoms with Crippen LogP contribution < -0.4 is 10.3 Å². The van der Waals surface area contributed by atoms with Gasteiger partial charge in [-0.25, -0.2) is 0 Å². The van der Waals surface area contributed by atoms with Crippen LogP contribution in [0.25, 0.3) is 0 Å². The zero-order valence-corrected chi connectivity index (χ0v) is 13.2. The molecule has 0 atom stereocenters. The summed E-state index contributed by atoms with van der Waals surface area (Å²) in [6.07, 6.45) is 0.618. The Hall–Kier alpha value is -1.46.